The number of fused-ring (bicyclic) bond motifs is 17. The van der Waals surface area contributed by atoms with Crippen molar-refractivity contribution in [1.29, 1.82) is 0 Å². The minimum Gasteiger partial charge on any atom is -0.455 e. The second-order valence-electron chi connectivity index (χ2n) is 16.0. The Labute approximate surface area is 337 Å². The van der Waals surface area contributed by atoms with Crippen LogP contribution in [0.4, 0.5) is 0 Å². The van der Waals surface area contributed by atoms with Crippen LogP contribution in [0, 0.1) is 0 Å². The van der Waals surface area contributed by atoms with Crippen LogP contribution in [0.25, 0.3) is 131 Å². The molecule has 0 spiro atoms. The smallest absolute Gasteiger partial charge is 0.143 e. The molecular formula is C56H32N2O. The summed E-state index contributed by atoms with van der Waals surface area (Å²) in [6, 6.07) is 71.2. The van der Waals surface area contributed by atoms with Crippen LogP contribution in [0.3, 0.4) is 0 Å². The lowest BCUT2D eigenvalue weighted by molar-refractivity contribution is 0.673. The van der Waals surface area contributed by atoms with E-state index in [1.807, 2.05) is 0 Å². The van der Waals surface area contributed by atoms with Gasteiger partial charge in [-0.15, -0.1) is 0 Å². The van der Waals surface area contributed by atoms with Crippen LogP contribution < -0.4 is 0 Å². The van der Waals surface area contributed by atoms with E-state index in [1.165, 1.54) is 104 Å². The molecule has 0 unspecified atom stereocenters. The molecule has 0 amide bonds. The molecule has 3 nitrogen and oxygen atoms in total. The van der Waals surface area contributed by atoms with E-state index in [4.69, 9.17) is 4.42 Å². The molecule has 0 radical (unpaired) electrons. The molecule has 4 aromatic heterocycles. The van der Waals surface area contributed by atoms with Crippen LogP contribution in [0.15, 0.2) is 199 Å². The van der Waals surface area contributed by atoms with E-state index in [9.17, 15) is 0 Å². The van der Waals surface area contributed by atoms with Crippen molar-refractivity contribution in [1.82, 2.24) is 8.97 Å². The Morgan fingerprint density at radius 1 is 0.305 bits per heavy atom. The van der Waals surface area contributed by atoms with E-state index in [0.29, 0.717) is 0 Å². The first-order chi connectivity index (χ1) is 29.3. The number of hydrogen-bond acceptors (Lipinski definition) is 1. The molecule has 0 fully saturated rings. The number of rotatable bonds is 3. The zero-order valence-electron chi connectivity index (χ0n) is 31.8. The van der Waals surface area contributed by atoms with Crippen LogP contribution in [0.2, 0.25) is 0 Å². The third kappa shape index (κ3) is 4.16. The molecule has 0 atom stereocenters. The fourth-order valence-electron chi connectivity index (χ4n) is 10.4. The largest absolute Gasteiger partial charge is 0.455 e. The van der Waals surface area contributed by atoms with Crippen molar-refractivity contribution >= 4 is 103 Å². The summed E-state index contributed by atoms with van der Waals surface area (Å²) in [6.45, 7) is 0. The minimum atomic E-state index is 0.909. The summed E-state index contributed by atoms with van der Waals surface area (Å²) in [4.78, 5) is 0. The van der Waals surface area contributed by atoms with Gasteiger partial charge in [0.1, 0.15) is 11.2 Å². The molecule has 0 saturated heterocycles. The third-order valence-electron chi connectivity index (χ3n) is 13.0. The van der Waals surface area contributed by atoms with Crippen molar-refractivity contribution < 1.29 is 4.42 Å². The predicted octanol–water partition coefficient (Wildman–Crippen LogP) is 15.5. The maximum Gasteiger partial charge on any atom is 0.143 e. The van der Waals surface area contributed by atoms with Gasteiger partial charge in [-0.05, 0) is 105 Å². The number of hydrogen-bond donors (Lipinski definition) is 0. The van der Waals surface area contributed by atoms with Gasteiger partial charge in [0.05, 0.1) is 27.6 Å². The van der Waals surface area contributed by atoms with Crippen LogP contribution in [-0.4, -0.2) is 8.97 Å². The average Bonchev–Trinajstić information content (AvgIpc) is 4.04. The first-order valence-corrected chi connectivity index (χ1v) is 20.3. The quantitative estimate of drug-likeness (QED) is 0.165. The first kappa shape index (κ1) is 31.2. The van der Waals surface area contributed by atoms with Gasteiger partial charge in [0.15, 0.2) is 0 Å². The summed E-state index contributed by atoms with van der Waals surface area (Å²) < 4.78 is 11.6. The van der Waals surface area contributed by atoms with E-state index in [2.05, 4.69) is 203 Å². The molecule has 10 aromatic carbocycles. The fourth-order valence-corrected chi connectivity index (χ4v) is 10.4. The minimum absolute atomic E-state index is 0.909. The van der Waals surface area contributed by atoms with Gasteiger partial charge in [-0.1, -0.05) is 127 Å². The highest BCUT2D eigenvalue weighted by Crippen LogP contribution is 2.45. The highest BCUT2D eigenvalue weighted by atomic mass is 16.3. The van der Waals surface area contributed by atoms with Crippen molar-refractivity contribution in [2.45, 2.75) is 0 Å². The monoisotopic (exact) mass is 748 g/mol. The highest BCUT2D eigenvalue weighted by Gasteiger charge is 2.21. The zero-order chi connectivity index (χ0) is 38.3. The number of para-hydroxylation sites is 3. The molecule has 0 aliphatic carbocycles. The van der Waals surface area contributed by atoms with E-state index >= 15 is 0 Å². The maximum atomic E-state index is 6.68. The number of nitrogens with zero attached hydrogens (tertiary/aromatic N) is 2. The lowest BCUT2D eigenvalue weighted by Crippen LogP contribution is -1.93. The van der Waals surface area contributed by atoms with Crippen molar-refractivity contribution in [3.05, 3.63) is 194 Å². The van der Waals surface area contributed by atoms with Gasteiger partial charge in [0.2, 0.25) is 0 Å². The molecule has 272 valence electrons. The lowest BCUT2D eigenvalue weighted by atomic mass is 9.95. The first-order valence-electron chi connectivity index (χ1n) is 20.3. The van der Waals surface area contributed by atoms with Crippen molar-refractivity contribution in [2.24, 2.45) is 0 Å². The standard InChI is InChI=1S/C56H32N2O/c1-2-12-37(13-3-1)57-49-20-10-8-16-40(49)42-25-22-35(32-52(42)57)36-30-46-41-17-9-11-21-50(41)58-51-26-23-33(28-45(51)47(31-36)55(46)58)34-24-27-53-48(29-34)54-43-18-6-4-14-38(43)39-15-5-7-19-44(39)56(54)59-53/h1-32H. The summed E-state index contributed by atoms with van der Waals surface area (Å²) in [5.41, 5.74) is 14.0. The average molecular weight is 749 g/mol. The molecule has 0 saturated carbocycles. The molecule has 14 aromatic rings. The van der Waals surface area contributed by atoms with E-state index in [1.54, 1.807) is 0 Å². The Hall–Kier alpha value is -7.88. The van der Waals surface area contributed by atoms with Gasteiger partial charge in [-0.25, -0.2) is 0 Å². The van der Waals surface area contributed by atoms with Gasteiger partial charge in [-0.3, -0.25) is 0 Å². The van der Waals surface area contributed by atoms with Gasteiger partial charge in [-0.2, -0.15) is 0 Å². The van der Waals surface area contributed by atoms with Crippen LogP contribution in [0.5, 0.6) is 0 Å². The Morgan fingerprint density at radius 2 is 0.831 bits per heavy atom. The second-order valence-corrected chi connectivity index (χ2v) is 16.0. The fraction of sp³-hybridized carbons (Fsp3) is 0. The molecule has 0 aliphatic heterocycles. The van der Waals surface area contributed by atoms with Crippen LogP contribution in [-0.2, 0) is 0 Å². The summed E-state index contributed by atoms with van der Waals surface area (Å²) in [5.74, 6) is 0. The van der Waals surface area contributed by atoms with Gasteiger partial charge >= 0.3 is 0 Å². The lowest BCUT2D eigenvalue weighted by Gasteiger charge is -2.09. The molecule has 14 rings (SSSR count). The maximum absolute atomic E-state index is 6.68. The second kappa shape index (κ2) is 11.4. The van der Waals surface area contributed by atoms with Crippen molar-refractivity contribution in [2.75, 3.05) is 0 Å². The summed E-state index contributed by atoms with van der Waals surface area (Å²) in [5, 5.41) is 14.8. The number of furan rings is 1. The molecule has 4 heterocycles. The third-order valence-corrected chi connectivity index (χ3v) is 13.0. The summed E-state index contributed by atoms with van der Waals surface area (Å²) >= 11 is 0. The molecule has 0 bridgehead atoms. The van der Waals surface area contributed by atoms with Gasteiger partial charge < -0.3 is 13.4 Å². The Kier molecular flexibility index (Phi) is 6.02. The molecular weight excluding hydrogens is 717 g/mol. The molecule has 3 heteroatoms. The molecule has 0 N–H and O–H groups in total. The van der Waals surface area contributed by atoms with Crippen molar-refractivity contribution in [3.8, 4) is 27.9 Å². The van der Waals surface area contributed by atoms with E-state index < -0.39 is 0 Å². The molecule has 0 aliphatic rings. The topological polar surface area (TPSA) is 22.5 Å². The van der Waals surface area contributed by atoms with Crippen LogP contribution in [0.1, 0.15) is 0 Å². The predicted molar refractivity (Wildman–Crippen MR) is 249 cm³/mol. The van der Waals surface area contributed by atoms with Crippen LogP contribution >= 0.6 is 0 Å². The Balaban J connectivity index is 1.01. The number of benzene rings is 10. The van der Waals surface area contributed by atoms with Crippen molar-refractivity contribution in [3.63, 3.8) is 0 Å². The normalized spacial score (nSPS) is 12.4. The molecule has 59 heavy (non-hydrogen) atoms. The summed E-state index contributed by atoms with van der Waals surface area (Å²) in [6.07, 6.45) is 0. The van der Waals surface area contributed by atoms with Gasteiger partial charge in [0.25, 0.3) is 0 Å². The Bertz CT molecular complexity index is 4070. The SMILES string of the molecule is c1ccc(-n2c3ccccc3c3ccc(-c4cc5c6ccccc6n6c7ccc(-c8ccc9oc%10c%11ccccc%11c%11ccccc%11c%10c9c8)cc7c(c4)c56)cc32)cc1. The van der Waals surface area contributed by atoms with Gasteiger partial charge in [0, 0.05) is 54.2 Å². The zero-order valence-corrected chi connectivity index (χ0v) is 31.8. The Morgan fingerprint density at radius 3 is 1.63 bits per heavy atom. The summed E-state index contributed by atoms with van der Waals surface area (Å²) in [7, 11) is 0. The van der Waals surface area contributed by atoms with E-state index in [-0.39, 0.29) is 0 Å². The number of aromatic nitrogens is 2. The highest BCUT2D eigenvalue weighted by molar-refractivity contribution is 6.30. The van der Waals surface area contributed by atoms with E-state index in [0.717, 1.165) is 27.6 Å².